The Hall–Kier alpha value is -4.47. The number of methoxy groups -OCH3 is 3. The van der Waals surface area contributed by atoms with Gasteiger partial charge in [0.15, 0.2) is 17.3 Å². The minimum atomic E-state index is -2.44. The lowest BCUT2D eigenvalue weighted by Gasteiger charge is -2.42. The van der Waals surface area contributed by atoms with Crippen LogP contribution in [0.4, 0.5) is 0 Å². The second-order valence-corrected chi connectivity index (χ2v) is 18.5. The standard InChI is InChI=1S/C51H73NO13/c1-30-16-12-11-13-17-31(2)42(61-8)28-38-21-19-36(7)51(60,65-38)48(57)49(58)52-23-15-14-18-39(52)50(59)64-43(33(4)26-37-20-22-40(53)44(27-37)62-9)29-41(54)32(3)25-35(6)46(56)47(63-10)45(55)34(5)24-30/h11-13,16-17,20,22,25,27,30,32-34,36,38-39,42-43,46-47,53,56,60H,14-15,18-19,21,23-24,26,28-29H2,1-10H3/b13-11+,16-12+,31-17+,35-25+/t30-,32-,33-,34-,36-,38+,39+,42+,43+,46-,47+,51-/m1/s1. The van der Waals surface area contributed by atoms with Crippen LogP contribution in [0.2, 0.25) is 0 Å². The Morgan fingerprint density at radius 1 is 0.908 bits per heavy atom. The van der Waals surface area contributed by atoms with Gasteiger partial charge in [-0.2, -0.15) is 0 Å². The minimum Gasteiger partial charge on any atom is -0.504 e. The predicted molar refractivity (Wildman–Crippen MR) is 245 cm³/mol. The van der Waals surface area contributed by atoms with Gasteiger partial charge >= 0.3 is 5.97 Å². The number of allylic oxidation sites excluding steroid dienone is 6. The second kappa shape index (κ2) is 24.3. The molecule has 2 bridgehead atoms. The number of amides is 1. The molecule has 3 aliphatic heterocycles. The van der Waals surface area contributed by atoms with Crippen LogP contribution in [0.15, 0.2) is 65.8 Å². The molecular weight excluding hydrogens is 835 g/mol. The molecule has 1 amide bonds. The van der Waals surface area contributed by atoms with Crippen molar-refractivity contribution in [2.75, 3.05) is 27.9 Å². The number of hydrogen-bond acceptors (Lipinski definition) is 13. The maximum atomic E-state index is 14.3. The molecule has 3 aliphatic rings. The topological polar surface area (TPSA) is 195 Å². The maximum Gasteiger partial charge on any atom is 0.329 e. The minimum absolute atomic E-state index is 0.0100. The van der Waals surface area contributed by atoms with E-state index in [9.17, 15) is 39.3 Å². The molecule has 360 valence electrons. The number of hydrogen-bond donors (Lipinski definition) is 3. The van der Waals surface area contributed by atoms with Gasteiger partial charge in [-0.1, -0.05) is 77.1 Å². The van der Waals surface area contributed by atoms with E-state index in [4.69, 9.17) is 23.7 Å². The third-order valence-electron chi connectivity index (χ3n) is 13.4. The number of Topliss-reactive ketones (excluding diaryl/α,β-unsaturated/α-hetero) is 3. The quantitative estimate of drug-likeness (QED) is 0.158. The Morgan fingerprint density at radius 3 is 2.31 bits per heavy atom. The maximum absolute atomic E-state index is 14.3. The van der Waals surface area contributed by atoms with Crippen molar-refractivity contribution in [1.82, 2.24) is 4.90 Å². The lowest BCUT2D eigenvalue weighted by molar-refractivity contribution is -0.265. The molecule has 2 saturated heterocycles. The van der Waals surface area contributed by atoms with Gasteiger partial charge in [0, 0.05) is 51.4 Å². The van der Waals surface area contributed by atoms with Gasteiger partial charge in [0.25, 0.3) is 11.7 Å². The Labute approximate surface area is 385 Å². The normalized spacial score (nSPS) is 35.4. The molecule has 65 heavy (non-hydrogen) atoms. The Kier molecular flexibility index (Phi) is 19.9. The van der Waals surface area contributed by atoms with E-state index in [1.165, 1.54) is 20.3 Å². The molecule has 0 radical (unpaired) electrons. The number of phenols is 1. The number of aromatic hydroxyl groups is 1. The SMILES string of the molecule is COc1cc(C[C@@H](C)[C@@H]2CC(=O)[C@H](C)/C=C(\C)[C@@H](O)[C@@H](OC)C(=O)[C@H](C)C[C@H](C)/C=C/C=C/C=C(\C)[C@@H](OC)C[C@@H]3CC[C@@H](C)[C@@](O)(O3)C(=O)C(=O)N3CCCC[C@H]3C(=O)O2)ccc1O. The van der Waals surface area contributed by atoms with Crippen LogP contribution in [-0.4, -0.2) is 120 Å². The number of nitrogens with zero attached hydrogens (tertiary/aromatic N) is 1. The average molecular weight is 908 g/mol. The average Bonchev–Trinajstić information content (AvgIpc) is 3.28. The van der Waals surface area contributed by atoms with Crippen molar-refractivity contribution in [3.63, 3.8) is 0 Å². The number of carbonyl (C=O) groups excluding carboxylic acids is 5. The van der Waals surface area contributed by atoms with E-state index in [2.05, 4.69) is 0 Å². The highest BCUT2D eigenvalue weighted by molar-refractivity contribution is 6.39. The molecular formula is C51H73NO13. The van der Waals surface area contributed by atoms with Crippen molar-refractivity contribution in [3.8, 4) is 11.5 Å². The molecule has 12 atom stereocenters. The van der Waals surface area contributed by atoms with Gasteiger partial charge < -0.3 is 43.9 Å². The summed E-state index contributed by atoms with van der Waals surface area (Å²) in [6.45, 7) is 12.5. The number of phenolic OH excluding ortho intramolecular Hbond substituents is 1. The summed E-state index contributed by atoms with van der Waals surface area (Å²) >= 11 is 0. The molecule has 1 aromatic rings. The zero-order valence-electron chi connectivity index (χ0n) is 40.0. The molecule has 0 aromatic heterocycles. The van der Waals surface area contributed by atoms with Crippen molar-refractivity contribution in [1.29, 1.82) is 0 Å². The van der Waals surface area contributed by atoms with E-state index >= 15 is 0 Å². The summed E-state index contributed by atoms with van der Waals surface area (Å²) in [6, 6.07) is 3.68. The van der Waals surface area contributed by atoms with Crippen molar-refractivity contribution in [2.24, 2.45) is 29.6 Å². The smallest absolute Gasteiger partial charge is 0.329 e. The van der Waals surface area contributed by atoms with Gasteiger partial charge in [-0.25, -0.2) is 4.79 Å². The van der Waals surface area contributed by atoms with E-state index in [1.807, 2.05) is 51.2 Å². The molecule has 0 spiro atoms. The number of rotatable bonds is 6. The molecule has 14 nitrogen and oxygen atoms in total. The number of cyclic esters (lactones) is 1. The van der Waals surface area contributed by atoms with Crippen molar-refractivity contribution < 1.29 is 63.0 Å². The third-order valence-corrected chi connectivity index (χ3v) is 13.4. The number of aliphatic hydroxyl groups is 2. The number of fused-ring (bicyclic) bond motifs is 3. The van der Waals surface area contributed by atoms with Gasteiger partial charge in [0.1, 0.15) is 30.1 Å². The zero-order valence-corrected chi connectivity index (χ0v) is 40.0. The summed E-state index contributed by atoms with van der Waals surface area (Å²) < 4.78 is 29.0. The number of aliphatic hydroxyl groups excluding tert-OH is 1. The van der Waals surface area contributed by atoms with Crippen molar-refractivity contribution >= 4 is 29.2 Å². The van der Waals surface area contributed by atoms with Crippen LogP contribution in [0, 0.1) is 29.6 Å². The summed E-state index contributed by atoms with van der Waals surface area (Å²) in [6.07, 6.45) is 9.59. The van der Waals surface area contributed by atoms with E-state index in [1.54, 1.807) is 53.0 Å². The molecule has 3 heterocycles. The second-order valence-electron chi connectivity index (χ2n) is 18.5. The van der Waals surface area contributed by atoms with Crippen LogP contribution in [-0.2, 0) is 49.3 Å². The fraction of sp³-hybridized carbons (Fsp3) is 0.627. The molecule has 0 saturated carbocycles. The van der Waals surface area contributed by atoms with Gasteiger partial charge in [-0.3, -0.25) is 19.2 Å². The third kappa shape index (κ3) is 13.8. The molecule has 14 heteroatoms. The number of ether oxygens (including phenoxy) is 5. The molecule has 4 rings (SSSR count). The number of piperidine rings is 1. The number of esters is 1. The van der Waals surface area contributed by atoms with Crippen LogP contribution in [0.25, 0.3) is 0 Å². The first-order chi connectivity index (χ1) is 30.7. The van der Waals surface area contributed by atoms with Gasteiger partial charge in [-0.15, -0.1) is 0 Å². The van der Waals surface area contributed by atoms with Crippen molar-refractivity contribution in [2.45, 2.75) is 149 Å². The first kappa shape index (κ1) is 53.1. The zero-order chi connectivity index (χ0) is 48.2. The summed E-state index contributed by atoms with van der Waals surface area (Å²) in [5.74, 6) is -8.26. The molecule has 3 N–H and O–H groups in total. The first-order valence-electron chi connectivity index (χ1n) is 23.1. The number of benzene rings is 1. The summed E-state index contributed by atoms with van der Waals surface area (Å²) in [4.78, 5) is 71.6. The first-order valence-corrected chi connectivity index (χ1v) is 23.1. The van der Waals surface area contributed by atoms with Crippen LogP contribution < -0.4 is 4.74 Å². The summed E-state index contributed by atoms with van der Waals surface area (Å²) in [5.41, 5.74) is 1.97. The summed E-state index contributed by atoms with van der Waals surface area (Å²) in [5, 5.41) is 33.6. The highest BCUT2D eigenvalue weighted by atomic mass is 16.6. The number of ketones is 3. The van der Waals surface area contributed by atoms with Crippen LogP contribution in [0.3, 0.4) is 0 Å². The fourth-order valence-corrected chi connectivity index (χ4v) is 9.13. The highest BCUT2D eigenvalue weighted by Gasteiger charge is 2.53. The predicted octanol–water partition coefficient (Wildman–Crippen LogP) is 6.57. The van der Waals surface area contributed by atoms with Crippen LogP contribution in [0.5, 0.6) is 11.5 Å². The van der Waals surface area contributed by atoms with Crippen molar-refractivity contribution in [3.05, 3.63) is 71.4 Å². The fourth-order valence-electron chi connectivity index (χ4n) is 9.13. The lowest BCUT2D eigenvalue weighted by Crippen LogP contribution is -2.61. The van der Waals surface area contributed by atoms with Gasteiger partial charge in [0.2, 0.25) is 5.79 Å². The Morgan fingerprint density at radius 2 is 1.63 bits per heavy atom. The Bertz CT molecular complexity index is 1950. The van der Waals surface area contributed by atoms with Gasteiger partial charge in [-0.05, 0) is 99.5 Å². The molecule has 0 aliphatic carbocycles. The van der Waals surface area contributed by atoms with E-state index in [0.29, 0.717) is 50.5 Å². The molecule has 2 fully saturated rings. The molecule has 0 unspecified atom stereocenters. The highest BCUT2D eigenvalue weighted by Crippen LogP contribution is 2.37. The number of carbonyl (C=O) groups is 5. The van der Waals surface area contributed by atoms with Gasteiger partial charge in [0.05, 0.1) is 19.3 Å². The van der Waals surface area contributed by atoms with E-state index in [-0.39, 0.29) is 48.4 Å². The monoisotopic (exact) mass is 908 g/mol. The van der Waals surface area contributed by atoms with Crippen LogP contribution in [0.1, 0.15) is 105 Å². The summed E-state index contributed by atoms with van der Waals surface area (Å²) in [7, 11) is 4.36. The largest absolute Gasteiger partial charge is 0.504 e. The molecule has 1 aromatic carbocycles. The van der Waals surface area contributed by atoms with E-state index in [0.717, 1.165) is 16.0 Å². The van der Waals surface area contributed by atoms with Crippen LogP contribution >= 0.6 is 0 Å². The lowest BCUT2D eigenvalue weighted by atomic mass is 9.85. The Balaban J connectivity index is 1.73. The van der Waals surface area contributed by atoms with E-state index < -0.39 is 83.7 Å².